The number of hydrogen-bond donors (Lipinski definition) is 2. The van der Waals surface area contributed by atoms with Crippen LogP contribution >= 0.6 is 11.6 Å². The number of amides is 3. The third-order valence-electron chi connectivity index (χ3n) is 5.60. The molecule has 9 heteroatoms. The fraction of sp³-hybridized carbons (Fsp3) is 0.111. The molecule has 0 fully saturated rings. The minimum absolute atomic E-state index is 0.0376. The van der Waals surface area contributed by atoms with E-state index in [2.05, 4.69) is 10.6 Å². The first-order chi connectivity index (χ1) is 17.3. The van der Waals surface area contributed by atoms with Crippen LogP contribution in [-0.4, -0.2) is 30.8 Å². The molecule has 1 aliphatic rings. The molecular weight excluding hydrogens is 482 g/mol. The Morgan fingerprint density at radius 2 is 1.61 bits per heavy atom. The number of para-hydroxylation sites is 1. The van der Waals surface area contributed by atoms with E-state index in [1.54, 1.807) is 54.6 Å². The predicted octanol–water partition coefficient (Wildman–Crippen LogP) is 4.72. The highest BCUT2D eigenvalue weighted by Crippen LogP contribution is 2.32. The van der Waals surface area contributed by atoms with E-state index in [0.717, 1.165) is 10.5 Å². The van der Waals surface area contributed by atoms with Crippen LogP contribution in [-0.2, 0) is 20.7 Å². The van der Waals surface area contributed by atoms with Gasteiger partial charge in [-0.1, -0.05) is 42.8 Å². The summed E-state index contributed by atoms with van der Waals surface area (Å²) < 4.78 is 4.69. The van der Waals surface area contributed by atoms with Crippen molar-refractivity contribution in [3.63, 3.8) is 0 Å². The van der Waals surface area contributed by atoms with Crippen molar-refractivity contribution in [2.24, 2.45) is 0 Å². The molecular formula is C27H22ClN3O5. The summed E-state index contributed by atoms with van der Waals surface area (Å²) >= 11 is 6.24. The van der Waals surface area contributed by atoms with Crippen molar-refractivity contribution in [1.82, 2.24) is 0 Å². The molecule has 0 unspecified atom stereocenters. The second kappa shape index (κ2) is 10.5. The Bertz CT molecular complexity index is 1400. The van der Waals surface area contributed by atoms with Gasteiger partial charge >= 0.3 is 5.97 Å². The van der Waals surface area contributed by atoms with Crippen LogP contribution in [0.5, 0.6) is 0 Å². The third kappa shape index (κ3) is 4.85. The molecule has 3 amide bonds. The number of methoxy groups -OCH3 is 1. The standard InChI is InChI=1S/C27H22ClN3O5/c1-3-16-7-4-5-10-21(16)31-25(33)22(28)23(26(31)34)29-19-13-11-17(12-14-19)24(32)30-20-9-6-8-18(15-20)27(35)36-2/h4-15,29H,3H2,1-2H3,(H,30,32). The first-order valence-electron chi connectivity index (χ1n) is 11.1. The van der Waals surface area contributed by atoms with Crippen LogP contribution in [0, 0.1) is 0 Å². The summed E-state index contributed by atoms with van der Waals surface area (Å²) in [5.41, 5.74) is 2.86. The van der Waals surface area contributed by atoms with E-state index in [1.807, 2.05) is 19.1 Å². The highest BCUT2D eigenvalue weighted by molar-refractivity contribution is 6.53. The molecule has 4 rings (SSSR count). The Morgan fingerprint density at radius 3 is 2.31 bits per heavy atom. The number of nitrogens with one attached hydrogen (secondary N) is 2. The Labute approximate surface area is 212 Å². The summed E-state index contributed by atoms with van der Waals surface area (Å²) in [7, 11) is 1.28. The molecule has 0 atom stereocenters. The lowest BCUT2D eigenvalue weighted by Crippen LogP contribution is -2.33. The Hall–Kier alpha value is -4.43. The minimum atomic E-state index is -0.602. The molecule has 182 valence electrons. The topological polar surface area (TPSA) is 105 Å². The fourth-order valence-electron chi connectivity index (χ4n) is 3.75. The first-order valence-corrected chi connectivity index (χ1v) is 11.4. The summed E-state index contributed by atoms with van der Waals surface area (Å²) in [5, 5.41) is 5.41. The maximum absolute atomic E-state index is 13.1. The van der Waals surface area contributed by atoms with Crippen LogP contribution in [0.4, 0.5) is 17.1 Å². The molecule has 3 aromatic rings. The zero-order valence-corrected chi connectivity index (χ0v) is 20.3. The fourth-order valence-corrected chi connectivity index (χ4v) is 3.96. The maximum Gasteiger partial charge on any atom is 0.337 e. The molecule has 2 N–H and O–H groups in total. The van der Waals surface area contributed by atoms with Crippen molar-refractivity contribution in [3.8, 4) is 0 Å². The summed E-state index contributed by atoms with van der Waals surface area (Å²) in [4.78, 5) is 51.3. The number of halogens is 1. The van der Waals surface area contributed by atoms with Gasteiger partial charge < -0.3 is 15.4 Å². The van der Waals surface area contributed by atoms with Gasteiger partial charge in [0.15, 0.2) is 0 Å². The molecule has 36 heavy (non-hydrogen) atoms. The van der Waals surface area contributed by atoms with Crippen LogP contribution < -0.4 is 15.5 Å². The average molecular weight is 504 g/mol. The monoisotopic (exact) mass is 503 g/mol. The highest BCUT2D eigenvalue weighted by atomic mass is 35.5. The molecule has 0 spiro atoms. The molecule has 0 saturated carbocycles. The van der Waals surface area contributed by atoms with Crippen molar-refractivity contribution in [2.45, 2.75) is 13.3 Å². The van der Waals surface area contributed by atoms with Gasteiger partial charge in [-0.05, 0) is 60.5 Å². The van der Waals surface area contributed by atoms with Crippen molar-refractivity contribution in [1.29, 1.82) is 0 Å². The number of imide groups is 1. The van der Waals surface area contributed by atoms with E-state index in [1.165, 1.54) is 13.2 Å². The summed E-state index contributed by atoms with van der Waals surface area (Å²) in [6.07, 6.45) is 0.643. The van der Waals surface area contributed by atoms with Gasteiger partial charge in [-0.3, -0.25) is 14.4 Å². The molecule has 8 nitrogen and oxygen atoms in total. The van der Waals surface area contributed by atoms with Gasteiger partial charge in [-0.15, -0.1) is 0 Å². The number of ether oxygens (including phenoxy) is 1. The molecule has 0 bridgehead atoms. The Morgan fingerprint density at radius 1 is 0.889 bits per heavy atom. The Kier molecular flexibility index (Phi) is 7.17. The number of hydrogen-bond acceptors (Lipinski definition) is 6. The second-order valence-electron chi connectivity index (χ2n) is 7.85. The molecule has 0 radical (unpaired) electrons. The van der Waals surface area contributed by atoms with Crippen LogP contribution in [0.25, 0.3) is 0 Å². The number of esters is 1. The smallest absolute Gasteiger partial charge is 0.337 e. The van der Waals surface area contributed by atoms with Crippen molar-refractivity contribution < 1.29 is 23.9 Å². The molecule has 3 aromatic carbocycles. The lowest BCUT2D eigenvalue weighted by Gasteiger charge is -2.18. The van der Waals surface area contributed by atoms with Gasteiger partial charge in [0.2, 0.25) is 0 Å². The number of carbonyl (C=O) groups is 4. The number of nitrogens with zero attached hydrogens (tertiary/aromatic N) is 1. The van der Waals surface area contributed by atoms with Crippen LogP contribution in [0.3, 0.4) is 0 Å². The lowest BCUT2D eigenvalue weighted by atomic mass is 10.1. The minimum Gasteiger partial charge on any atom is -0.465 e. The van der Waals surface area contributed by atoms with E-state index in [-0.39, 0.29) is 10.7 Å². The van der Waals surface area contributed by atoms with Gasteiger partial charge in [-0.25, -0.2) is 9.69 Å². The molecule has 1 aliphatic heterocycles. The first kappa shape index (κ1) is 24.7. The SMILES string of the molecule is CCc1ccccc1N1C(=O)C(Cl)=C(Nc2ccc(C(=O)Nc3cccc(C(=O)OC)c3)cc2)C1=O. The van der Waals surface area contributed by atoms with E-state index in [4.69, 9.17) is 16.3 Å². The molecule has 0 aromatic heterocycles. The highest BCUT2D eigenvalue weighted by Gasteiger charge is 2.39. The number of rotatable bonds is 7. The normalized spacial score (nSPS) is 13.1. The summed E-state index contributed by atoms with van der Waals surface area (Å²) in [5.74, 6) is -2.06. The zero-order valence-electron chi connectivity index (χ0n) is 19.5. The van der Waals surface area contributed by atoms with Crippen LogP contribution in [0.1, 0.15) is 33.2 Å². The van der Waals surface area contributed by atoms with Gasteiger partial charge in [0.25, 0.3) is 17.7 Å². The second-order valence-corrected chi connectivity index (χ2v) is 8.22. The van der Waals surface area contributed by atoms with Gasteiger partial charge in [0, 0.05) is 16.9 Å². The quantitative estimate of drug-likeness (QED) is 0.357. The lowest BCUT2D eigenvalue weighted by molar-refractivity contribution is -0.120. The van der Waals surface area contributed by atoms with E-state index in [0.29, 0.717) is 34.6 Å². The number of carbonyl (C=O) groups excluding carboxylic acids is 4. The molecule has 0 saturated heterocycles. The van der Waals surface area contributed by atoms with Crippen LogP contribution in [0.2, 0.25) is 0 Å². The van der Waals surface area contributed by atoms with Crippen molar-refractivity contribution in [3.05, 3.63) is 100 Å². The molecule has 0 aliphatic carbocycles. The average Bonchev–Trinajstić information content (AvgIpc) is 3.11. The van der Waals surface area contributed by atoms with E-state index >= 15 is 0 Å². The summed E-state index contributed by atoms with van der Waals surface area (Å²) in [6.45, 7) is 1.94. The summed E-state index contributed by atoms with van der Waals surface area (Å²) in [6, 6.07) is 19.8. The number of anilines is 3. The van der Waals surface area contributed by atoms with Crippen molar-refractivity contribution >= 4 is 52.4 Å². The number of benzene rings is 3. The predicted molar refractivity (Wildman–Crippen MR) is 137 cm³/mol. The van der Waals surface area contributed by atoms with Gasteiger partial charge in [0.05, 0.1) is 18.4 Å². The van der Waals surface area contributed by atoms with E-state index in [9.17, 15) is 19.2 Å². The third-order valence-corrected chi connectivity index (χ3v) is 5.95. The van der Waals surface area contributed by atoms with Gasteiger partial charge in [-0.2, -0.15) is 0 Å². The maximum atomic E-state index is 13.1. The number of aryl methyl sites for hydroxylation is 1. The largest absolute Gasteiger partial charge is 0.465 e. The Balaban J connectivity index is 1.48. The van der Waals surface area contributed by atoms with Gasteiger partial charge in [0.1, 0.15) is 10.7 Å². The van der Waals surface area contributed by atoms with Crippen molar-refractivity contribution in [2.75, 3.05) is 22.6 Å². The van der Waals surface area contributed by atoms with E-state index < -0.39 is 23.7 Å². The van der Waals surface area contributed by atoms with Crippen LogP contribution in [0.15, 0.2) is 83.5 Å². The molecule has 1 heterocycles. The zero-order chi connectivity index (χ0) is 25.8.